The van der Waals surface area contributed by atoms with E-state index >= 15 is 0 Å². The van der Waals surface area contributed by atoms with Gasteiger partial charge < -0.3 is 14.6 Å². The molecule has 10 heteroatoms. The molecule has 1 aliphatic heterocycles. The number of rotatable bonds is 7. The summed E-state index contributed by atoms with van der Waals surface area (Å²) in [5.41, 5.74) is 0.151. The summed E-state index contributed by atoms with van der Waals surface area (Å²) in [7, 11) is -3.72. The molecular weight excluding hydrogens is 444 g/mol. The van der Waals surface area contributed by atoms with Gasteiger partial charge in [-0.1, -0.05) is 0 Å². The van der Waals surface area contributed by atoms with Crippen molar-refractivity contribution in [3.8, 4) is 0 Å². The molecule has 2 N–H and O–H groups in total. The first-order chi connectivity index (χ1) is 15.5. The molecule has 33 heavy (non-hydrogen) atoms. The smallest absolute Gasteiger partial charge is 0.253 e. The quantitative estimate of drug-likeness (QED) is 0.631. The largest absolute Gasteiger partial charge is 0.468 e. The maximum Gasteiger partial charge on any atom is 0.253 e. The summed E-state index contributed by atoms with van der Waals surface area (Å²) in [5.74, 6) is 0.333. The van der Waals surface area contributed by atoms with Gasteiger partial charge in [-0.25, -0.2) is 13.1 Å². The molecule has 0 bridgehead atoms. The maximum absolute atomic E-state index is 13.0. The second-order valence-corrected chi connectivity index (χ2v) is 10.9. The van der Waals surface area contributed by atoms with E-state index in [2.05, 4.69) is 14.9 Å². The lowest BCUT2D eigenvalue weighted by Crippen LogP contribution is -2.46. The first-order valence-corrected chi connectivity index (χ1v) is 12.5. The highest BCUT2D eigenvalue weighted by molar-refractivity contribution is 7.89. The molecule has 1 aromatic carbocycles. The molecular formula is C23H32N4O5S. The molecule has 0 spiro atoms. The zero-order valence-corrected chi connectivity index (χ0v) is 20.2. The van der Waals surface area contributed by atoms with Gasteiger partial charge in [0.1, 0.15) is 5.76 Å². The topological polar surface area (TPSA) is 112 Å². The van der Waals surface area contributed by atoms with E-state index in [-0.39, 0.29) is 28.8 Å². The van der Waals surface area contributed by atoms with Crippen molar-refractivity contribution >= 4 is 21.8 Å². The fourth-order valence-electron chi connectivity index (χ4n) is 3.61. The number of nitrogens with one attached hydrogen (secondary N) is 2. The second-order valence-electron chi connectivity index (χ2n) is 9.15. The Hall–Kier alpha value is -2.69. The van der Waals surface area contributed by atoms with E-state index in [0.29, 0.717) is 37.5 Å². The number of carbonyl (C=O) groups excluding carboxylic acids is 2. The summed E-state index contributed by atoms with van der Waals surface area (Å²) in [6.07, 6.45) is 2.24. The first kappa shape index (κ1) is 24.9. The van der Waals surface area contributed by atoms with Crippen LogP contribution in [0.4, 0.5) is 0 Å². The monoisotopic (exact) mass is 476 g/mol. The average molecular weight is 477 g/mol. The Bertz CT molecular complexity index is 1040. The average Bonchev–Trinajstić information content (AvgIpc) is 3.16. The van der Waals surface area contributed by atoms with E-state index in [0.717, 1.165) is 13.0 Å². The molecule has 1 saturated heterocycles. The van der Waals surface area contributed by atoms with Crippen molar-refractivity contribution in [2.45, 2.75) is 44.2 Å². The molecule has 1 aromatic heterocycles. The normalized spacial score (nSPS) is 15.8. The fraction of sp³-hybridized carbons (Fsp3) is 0.478. The lowest BCUT2D eigenvalue weighted by atomic mass is 10.1. The van der Waals surface area contributed by atoms with Gasteiger partial charge in [-0.05, 0) is 63.6 Å². The maximum atomic E-state index is 13.0. The van der Waals surface area contributed by atoms with Crippen LogP contribution >= 0.6 is 0 Å². The molecule has 1 aliphatic rings. The van der Waals surface area contributed by atoms with Crippen molar-refractivity contribution in [3.63, 3.8) is 0 Å². The van der Waals surface area contributed by atoms with Gasteiger partial charge in [0.05, 0.1) is 24.2 Å². The number of nitrogens with zero attached hydrogens (tertiary/aromatic N) is 2. The summed E-state index contributed by atoms with van der Waals surface area (Å²) in [6.45, 7) is 8.61. The van der Waals surface area contributed by atoms with Crippen LogP contribution in [0.5, 0.6) is 0 Å². The van der Waals surface area contributed by atoms with Gasteiger partial charge in [0.25, 0.3) is 5.91 Å². The predicted octanol–water partition coefficient (Wildman–Crippen LogP) is 1.82. The van der Waals surface area contributed by atoms with E-state index in [1.807, 2.05) is 20.8 Å². The van der Waals surface area contributed by atoms with Gasteiger partial charge in [0.15, 0.2) is 0 Å². The van der Waals surface area contributed by atoms with Crippen molar-refractivity contribution in [3.05, 3.63) is 54.0 Å². The molecule has 0 atom stereocenters. The third-order valence-corrected chi connectivity index (χ3v) is 6.60. The molecule has 2 heterocycles. The van der Waals surface area contributed by atoms with Crippen LogP contribution in [0.15, 0.2) is 52.0 Å². The number of carbonyl (C=O) groups is 2. The molecule has 9 nitrogen and oxygen atoms in total. The molecule has 0 radical (unpaired) electrons. The van der Waals surface area contributed by atoms with Gasteiger partial charge in [0, 0.05) is 37.3 Å². The Morgan fingerprint density at radius 1 is 1.03 bits per heavy atom. The Kier molecular flexibility index (Phi) is 7.93. The molecule has 2 aromatic rings. The summed E-state index contributed by atoms with van der Waals surface area (Å²) in [6, 6.07) is 9.29. The van der Waals surface area contributed by atoms with Crippen LogP contribution in [0.25, 0.3) is 0 Å². The molecule has 0 aliphatic carbocycles. The SMILES string of the molecule is CC(C)(C)NC(=O)CN1CCCN(C(=O)c2ccc(S(=O)(=O)NCc3ccco3)cc2)CC1. The number of benzene rings is 1. The van der Waals surface area contributed by atoms with Crippen LogP contribution < -0.4 is 10.0 Å². The third-order valence-electron chi connectivity index (χ3n) is 5.19. The highest BCUT2D eigenvalue weighted by Gasteiger charge is 2.23. The minimum atomic E-state index is -3.72. The lowest BCUT2D eigenvalue weighted by Gasteiger charge is -2.25. The van der Waals surface area contributed by atoms with Gasteiger partial charge in [0.2, 0.25) is 15.9 Å². The summed E-state index contributed by atoms with van der Waals surface area (Å²) >= 11 is 0. The van der Waals surface area contributed by atoms with Crippen molar-refractivity contribution in [2.24, 2.45) is 0 Å². The van der Waals surface area contributed by atoms with Crippen LogP contribution in [0.1, 0.15) is 43.3 Å². The predicted molar refractivity (Wildman–Crippen MR) is 124 cm³/mol. The van der Waals surface area contributed by atoms with E-state index in [4.69, 9.17) is 4.42 Å². The van der Waals surface area contributed by atoms with Crippen LogP contribution in [0, 0.1) is 0 Å². The van der Waals surface area contributed by atoms with E-state index in [1.54, 1.807) is 17.0 Å². The molecule has 0 saturated carbocycles. The highest BCUT2D eigenvalue weighted by Crippen LogP contribution is 2.15. The molecule has 1 fully saturated rings. The van der Waals surface area contributed by atoms with Gasteiger partial charge in [-0.15, -0.1) is 0 Å². The zero-order valence-electron chi connectivity index (χ0n) is 19.3. The van der Waals surface area contributed by atoms with E-state index in [1.165, 1.54) is 30.5 Å². The van der Waals surface area contributed by atoms with Gasteiger partial charge >= 0.3 is 0 Å². The highest BCUT2D eigenvalue weighted by atomic mass is 32.2. The van der Waals surface area contributed by atoms with Gasteiger partial charge in [-0.3, -0.25) is 14.5 Å². The Labute approximate surface area is 195 Å². The fourth-order valence-corrected chi connectivity index (χ4v) is 4.61. The molecule has 180 valence electrons. The minimum Gasteiger partial charge on any atom is -0.468 e. The second kappa shape index (κ2) is 10.5. The van der Waals surface area contributed by atoms with Crippen LogP contribution in [-0.4, -0.2) is 68.3 Å². The van der Waals surface area contributed by atoms with Crippen molar-refractivity contribution in [1.82, 2.24) is 19.8 Å². The minimum absolute atomic E-state index is 0.0280. The van der Waals surface area contributed by atoms with Crippen LogP contribution in [0.2, 0.25) is 0 Å². The van der Waals surface area contributed by atoms with Crippen molar-refractivity contribution in [2.75, 3.05) is 32.7 Å². The molecule has 2 amide bonds. The van der Waals surface area contributed by atoms with Crippen LogP contribution in [0.3, 0.4) is 0 Å². The summed E-state index contributed by atoms with van der Waals surface area (Å²) in [5, 5.41) is 2.96. The summed E-state index contributed by atoms with van der Waals surface area (Å²) < 4.78 is 32.6. The standard InChI is InChI=1S/C23H32N4O5S/c1-23(2,3)25-21(28)17-26-11-5-12-27(14-13-26)22(29)18-7-9-20(10-8-18)33(30,31)24-16-19-6-4-15-32-19/h4,6-10,15,24H,5,11-14,16-17H2,1-3H3,(H,25,28). The molecule has 0 unspecified atom stereocenters. The molecule has 3 rings (SSSR count). The van der Waals surface area contributed by atoms with Gasteiger partial charge in [-0.2, -0.15) is 0 Å². The van der Waals surface area contributed by atoms with Crippen LogP contribution in [-0.2, 0) is 21.4 Å². The third kappa shape index (κ3) is 7.41. The number of amides is 2. The van der Waals surface area contributed by atoms with Crippen molar-refractivity contribution in [1.29, 1.82) is 0 Å². The number of sulfonamides is 1. The Morgan fingerprint density at radius 2 is 1.76 bits per heavy atom. The first-order valence-electron chi connectivity index (χ1n) is 11.0. The number of hydrogen-bond donors (Lipinski definition) is 2. The van der Waals surface area contributed by atoms with Crippen molar-refractivity contribution < 1.29 is 22.4 Å². The summed E-state index contributed by atoms with van der Waals surface area (Å²) in [4.78, 5) is 29.1. The van der Waals surface area contributed by atoms with E-state index in [9.17, 15) is 18.0 Å². The number of hydrogen-bond acceptors (Lipinski definition) is 6. The lowest BCUT2D eigenvalue weighted by molar-refractivity contribution is -0.123. The zero-order chi connectivity index (χ0) is 24.1. The number of furan rings is 1. The Balaban J connectivity index is 1.56. The Morgan fingerprint density at radius 3 is 2.39 bits per heavy atom. The van der Waals surface area contributed by atoms with E-state index < -0.39 is 10.0 Å².